The van der Waals surface area contributed by atoms with Gasteiger partial charge >= 0.3 is 23.9 Å². The molecule has 0 bridgehead atoms. The Morgan fingerprint density at radius 1 is 0.714 bits per heavy atom. The Balaban J connectivity index is 1.49. The van der Waals surface area contributed by atoms with Gasteiger partial charge in [0, 0.05) is 23.3 Å². The molecule has 2 aliphatic rings. The van der Waals surface area contributed by atoms with E-state index in [0.29, 0.717) is 5.56 Å². The van der Waals surface area contributed by atoms with E-state index in [9.17, 15) is 39.3 Å². The molecule has 2 unspecified atom stereocenters. The average Bonchev–Trinajstić information content (AvgIpc) is 3.05. The van der Waals surface area contributed by atoms with E-state index in [4.69, 9.17) is 38.6 Å². The minimum Gasteiger partial charge on any atom is -0.508 e. The van der Waals surface area contributed by atoms with Crippen LogP contribution in [0, 0.1) is 0 Å². The van der Waals surface area contributed by atoms with Crippen molar-refractivity contribution >= 4 is 29.7 Å². The molecule has 0 spiro atoms. The van der Waals surface area contributed by atoms with Crippen LogP contribution in [0.4, 0.5) is 0 Å². The lowest BCUT2D eigenvalue weighted by Crippen LogP contribution is -2.40. The van der Waals surface area contributed by atoms with Crippen LogP contribution in [0.5, 0.6) is 40.2 Å². The third-order valence-corrected chi connectivity index (χ3v) is 7.55. The monoisotopic (exact) mass is 682 g/mol. The van der Waals surface area contributed by atoms with Crippen molar-refractivity contribution in [3.05, 3.63) is 65.2 Å². The maximum atomic E-state index is 13.6. The summed E-state index contributed by atoms with van der Waals surface area (Å²) in [5, 5.41) is 48.4. The number of phenolic OH excluding ortho intramolecular Hbond substituents is 3. The van der Waals surface area contributed by atoms with Crippen LogP contribution < -0.4 is 18.9 Å². The van der Waals surface area contributed by atoms with Crippen molar-refractivity contribution in [2.24, 2.45) is 0 Å². The fourth-order valence-electron chi connectivity index (χ4n) is 5.23. The van der Waals surface area contributed by atoms with Crippen molar-refractivity contribution in [1.82, 2.24) is 0 Å². The Hall–Kier alpha value is -6.19. The number of carbonyl (C=O) groups is 5. The summed E-state index contributed by atoms with van der Waals surface area (Å²) in [4.78, 5) is 60.3. The summed E-state index contributed by atoms with van der Waals surface area (Å²) in [7, 11) is 1.34. The Morgan fingerprint density at radius 2 is 1.37 bits per heavy atom. The van der Waals surface area contributed by atoms with E-state index in [1.54, 1.807) is 0 Å². The third kappa shape index (κ3) is 7.69. The van der Waals surface area contributed by atoms with Crippen LogP contribution in [0.2, 0.25) is 0 Å². The lowest BCUT2D eigenvalue weighted by molar-refractivity contribution is -0.154. The van der Waals surface area contributed by atoms with E-state index >= 15 is 0 Å². The largest absolute Gasteiger partial charge is 0.508 e. The molecule has 0 saturated carbocycles. The van der Waals surface area contributed by atoms with Crippen LogP contribution in [0.15, 0.2) is 48.5 Å². The maximum absolute atomic E-state index is 13.6. The van der Waals surface area contributed by atoms with E-state index in [0.717, 1.165) is 12.1 Å². The van der Waals surface area contributed by atoms with Gasteiger partial charge in [0.2, 0.25) is 11.9 Å². The number of carbonyl (C=O) groups excluding carboxylic acids is 3. The van der Waals surface area contributed by atoms with Gasteiger partial charge in [0.15, 0.2) is 41.3 Å². The number of hydrogen-bond donors (Lipinski definition) is 5. The van der Waals surface area contributed by atoms with Crippen molar-refractivity contribution in [1.29, 1.82) is 0 Å². The fraction of sp³-hybridized carbons (Fsp3) is 0.303. The summed E-state index contributed by atoms with van der Waals surface area (Å²) in [5.41, 5.74) is 0.275. The van der Waals surface area contributed by atoms with Gasteiger partial charge in [-0.3, -0.25) is 24.0 Å². The molecular weight excluding hydrogens is 652 g/mol. The smallest absolute Gasteiger partial charge is 0.307 e. The van der Waals surface area contributed by atoms with Gasteiger partial charge in [0.05, 0.1) is 32.8 Å². The molecule has 2 aliphatic heterocycles. The van der Waals surface area contributed by atoms with E-state index in [1.807, 2.05) is 0 Å². The number of Topliss-reactive ketones (excluding diaryl/α,β-unsaturated/α-hetero) is 1. The lowest BCUT2D eigenvalue weighted by atomic mass is 9.92. The molecule has 0 amide bonds. The predicted octanol–water partition coefficient (Wildman–Crippen LogP) is 3.19. The zero-order valence-electron chi connectivity index (χ0n) is 25.7. The molecule has 3 aromatic carbocycles. The van der Waals surface area contributed by atoms with E-state index in [2.05, 4.69) is 0 Å². The minimum atomic E-state index is -1.69. The molecule has 0 aliphatic carbocycles. The van der Waals surface area contributed by atoms with Crippen molar-refractivity contribution in [3.8, 4) is 40.2 Å². The van der Waals surface area contributed by atoms with Crippen LogP contribution in [0.3, 0.4) is 0 Å². The summed E-state index contributed by atoms with van der Waals surface area (Å²) < 4.78 is 34.3. The molecule has 258 valence electrons. The van der Waals surface area contributed by atoms with Crippen molar-refractivity contribution < 1.29 is 77.9 Å². The van der Waals surface area contributed by atoms with E-state index in [-0.39, 0.29) is 52.9 Å². The number of hydrogen-bond acceptors (Lipinski definition) is 14. The molecule has 5 N–H and O–H groups in total. The predicted molar refractivity (Wildman–Crippen MR) is 161 cm³/mol. The maximum Gasteiger partial charge on any atom is 0.307 e. The van der Waals surface area contributed by atoms with Gasteiger partial charge in [-0.25, -0.2) is 0 Å². The van der Waals surface area contributed by atoms with Crippen LogP contribution in [0.25, 0.3) is 0 Å². The number of aliphatic carboxylic acids is 2. The molecule has 0 radical (unpaired) electrons. The molecule has 5 rings (SSSR count). The number of carboxylic acid groups (broad SMARTS) is 2. The van der Waals surface area contributed by atoms with Gasteiger partial charge in [-0.1, -0.05) is 12.1 Å². The molecule has 0 aromatic heterocycles. The standard InChI is InChI=1S/C33H30O16/c1-44-21-10-15(2-4-18(21)35)31-24(14-45-27(41)8-6-25(37)38)46-20-5-3-16(11-22(20)47-31)32-33(49-28(42)9-7-26(39)40)30(43)29-19(36)12-17(34)13-23(29)48-32/h2-5,10-13,24,31-36H,6-9,14H2,1H3,(H,37,38)(H,39,40)/t24?,31?,32-,33+/m1/s1. The SMILES string of the molecule is COc1cc(C2Oc3cc([C@H]4Oc5cc(O)cc(O)c5C(=O)[C@@H]4OC(=O)CCC(=O)O)ccc3OC2COC(=O)CCC(=O)O)ccc1O. The number of ketones is 1. The number of benzene rings is 3. The molecule has 49 heavy (non-hydrogen) atoms. The molecule has 16 heteroatoms. The van der Waals surface area contributed by atoms with E-state index in [1.165, 1.54) is 43.5 Å². The first kappa shape index (κ1) is 34.2. The van der Waals surface area contributed by atoms with Gasteiger partial charge in [0.25, 0.3) is 0 Å². The fourth-order valence-corrected chi connectivity index (χ4v) is 5.23. The van der Waals surface area contributed by atoms with Crippen LogP contribution in [-0.4, -0.2) is 81.1 Å². The number of aromatic hydroxyl groups is 3. The van der Waals surface area contributed by atoms with Crippen LogP contribution in [0.1, 0.15) is 59.4 Å². The second-order valence-corrected chi connectivity index (χ2v) is 11.0. The number of rotatable bonds is 12. The molecule has 0 fully saturated rings. The first-order valence-corrected chi connectivity index (χ1v) is 14.7. The molecule has 16 nitrogen and oxygen atoms in total. The second kappa shape index (κ2) is 14.3. The number of methoxy groups -OCH3 is 1. The van der Waals surface area contributed by atoms with Crippen LogP contribution >= 0.6 is 0 Å². The molecule has 4 atom stereocenters. The first-order chi connectivity index (χ1) is 23.3. The Morgan fingerprint density at radius 3 is 2.06 bits per heavy atom. The topological polar surface area (TPSA) is 242 Å². The Labute approximate surface area is 276 Å². The van der Waals surface area contributed by atoms with Gasteiger partial charge in [-0.05, 0) is 24.3 Å². The van der Waals surface area contributed by atoms with Crippen molar-refractivity contribution in [2.75, 3.05) is 13.7 Å². The number of esters is 2. The number of ether oxygens (including phenoxy) is 6. The van der Waals surface area contributed by atoms with Gasteiger partial charge < -0.3 is 54.0 Å². The third-order valence-electron chi connectivity index (χ3n) is 7.55. The highest BCUT2D eigenvalue weighted by atomic mass is 16.6. The van der Waals surface area contributed by atoms with E-state index < -0.39 is 84.8 Å². The number of phenols is 3. The van der Waals surface area contributed by atoms with Crippen molar-refractivity contribution in [3.63, 3.8) is 0 Å². The summed E-state index contributed by atoms with van der Waals surface area (Å²) in [6.07, 6.45) is -6.97. The lowest BCUT2D eigenvalue weighted by Gasteiger charge is -2.36. The van der Waals surface area contributed by atoms with Gasteiger partial charge in [-0.2, -0.15) is 0 Å². The summed E-state index contributed by atoms with van der Waals surface area (Å²) in [6.45, 7) is -0.355. The molecule has 3 aromatic rings. The summed E-state index contributed by atoms with van der Waals surface area (Å²) in [6, 6.07) is 10.7. The summed E-state index contributed by atoms with van der Waals surface area (Å²) in [5.74, 6) is -6.18. The highest BCUT2D eigenvalue weighted by molar-refractivity contribution is 6.06. The molecule has 2 heterocycles. The summed E-state index contributed by atoms with van der Waals surface area (Å²) >= 11 is 0. The van der Waals surface area contributed by atoms with Crippen LogP contribution in [-0.2, 0) is 28.7 Å². The molecular formula is C33H30O16. The minimum absolute atomic E-state index is 0.0968. The molecule has 0 saturated heterocycles. The second-order valence-electron chi connectivity index (χ2n) is 11.0. The highest BCUT2D eigenvalue weighted by Crippen LogP contribution is 2.46. The average molecular weight is 683 g/mol. The Kier molecular flexibility index (Phi) is 9.96. The van der Waals surface area contributed by atoms with Crippen molar-refractivity contribution in [2.45, 2.75) is 50.1 Å². The zero-order chi connectivity index (χ0) is 35.4. The zero-order valence-corrected chi connectivity index (χ0v) is 25.7. The Bertz CT molecular complexity index is 1800. The quantitative estimate of drug-likeness (QED) is 0.172. The van der Waals surface area contributed by atoms with Gasteiger partial charge in [-0.15, -0.1) is 0 Å². The first-order valence-electron chi connectivity index (χ1n) is 14.7. The highest BCUT2D eigenvalue weighted by Gasteiger charge is 2.44. The normalized spacial score (nSPS) is 19.2. The number of fused-ring (bicyclic) bond motifs is 2. The number of carboxylic acids is 2. The van der Waals surface area contributed by atoms with Gasteiger partial charge in [0.1, 0.15) is 29.4 Å².